The van der Waals surface area contributed by atoms with Gasteiger partial charge in [0, 0.05) is 18.8 Å². The van der Waals surface area contributed by atoms with E-state index < -0.39 is 0 Å². The van der Waals surface area contributed by atoms with E-state index in [9.17, 15) is 0 Å². The fraction of sp³-hybridized carbons (Fsp3) is 0.333. The molecule has 0 amide bonds. The molecule has 21 heavy (non-hydrogen) atoms. The topological polar surface area (TPSA) is 24.5 Å². The van der Waals surface area contributed by atoms with Crippen molar-refractivity contribution in [3.05, 3.63) is 60.2 Å². The number of nitrogens with one attached hydrogen (secondary N) is 1. The summed E-state index contributed by atoms with van der Waals surface area (Å²) in [5, 5.41) is 3.55. The summed E-state index contributed by atoms with van der Waals surface area (Å²) in [6.45, 7) is 3.13. The Morgan fingerprint density at radius 1 is 1.05 bits per heavy atom. The first-order valence-corrected chi connectivity index (χ1v) is 7.55. The van der Waals surface area contributed by atoms with Gasteiger partial charge in [-0.3, -0.25) is 0 Å². The largest absolute Gasteiger partial charge is 0.497 e. The minimum absolute atomic E-state index is 0.362. The third-order valence-corrected chi connectivity index (χ3v) is 4.05. The zero-order chi connectivity index (χ0) is 14.5. The molecule has 0 saturated carbocycles. The smallest absolute Gasteiger partial charge is 0.118 e. The molecule has 1 atom stereocenters. The lowest BCUT2D eigenvalue weighted by molar-refractivity contribution is 0.414. The average molecular weight is 282 g/mol. The molecular weight excluding hydrogens is 260 g/mol. The molecule has 1 N–H and O–H groups in total. The molecule has 3 nitrogen and oxygen atoms in total. The van der Waals surface area contributed by atoms with Crippen molar-refractivity contribution in [1.29, 1.82) is 0 Å². The van der Waals surface area contributed by atoms with Crippen LogP contribution in [0.15, 0.2) is 54.6 Å². The molecule has 2 aromatic rings. The molecule has 1 unspecified atom stereocenters. The third kappa shape index (κ3) is 3.19. The Labute approximate surface area is 126 Å². The molecule has 0 spiro atoms. The van der Waals surface area contributed by atoms with E-state index in [1.165, 1.54) is 17.7 Å². The first-order valence-electron chi connectivity index (χ1n) is 7.55. The van der Waals surface area contributed by atoms with Crippen molar-refractivity contribution < 1.29 is 4.74 Å². The molecule has 0 aromatic heterocycles. The second kappa shape index (κ2) is 6.64. The molecule has 1 aliphatic heterocycles. The molecule has 1 fully saturated rings. The molecule has 0 aliphatic carbocycles. The van der Waals surface area contributed by atoms with E-state index >= 15 is 0 Å². The average Bonchev–Trinajstić information content (AvgIpc) is 2.81. The van der Waals surface area contributed by atoms with Gasteiger partial charge < -0.3 is 15.0 Å². The summed E-state index contributed by atoms with van der Waals surface area (Å²) in [4.78, 5) is 2.50. The lowest BCUT2D eigenvalue weighted by Crippen LogP contribution is -2.32. The summed E-state index contributed by atoms with van der Waals surface area (Å²) < 4.78 is 5.26. The van der Waals surface area contributed by atoms with E-state index in [1.54, 1.807) is 7.11 Å². The second-order valence-electron chi connectivity index (χ2n) is 5.38. The van der Waals surface area contributed by atoms with Crippen LogP contribution >= 0.6 is 0 Å². The van der Waals surface area contributed by atoms with Crippen molar-refractivity contribution in [3.63, 3.8) is 0 Å². The lowest BCUT2D eigenvalue weighted by Gasteiger charge is -2.32. The molecule has 1 aliphatic rings. The third-order valence-electron chi connectivity index (χ3n) is 4.05. The molecule has 1 saturated heterocycles. The van der Waals surface area contributed by atoms with Gasteiger partial charge in [-0.1, -0.05) is 30.3 Å². The van der Waals surface area contributed by atoms with E-state index in [1.807, 2.05) is 12.1 Å². The Hall–Kier alpha value is -2.00. The van der Waals surface area contributed by atoms with Crippen LogP contribution in [0.5, 0.6) is 5.75 Å². The van der Waals surface area contributed by atoms with Crippen molar-refractivity contribution in [1.82, 2.24) is 5.32 Å². The van der Waals surface area contributed by atoms with Gasteiger partial charge in [0.1, 0.15) is 5.75 Å². The van der Waals surface area contributed by atoms with Crippen LogP contribution in [0.4, 0.5) is 5.69 Å². The number of rotatable bonds is 3. The molecule has 2 aromatic carbocycles. The number of nitrogens with zero attached hydrogens (tertiary/aromatic N) is 1. The Morgan fingerprint density at radius 3 is 2.52 bits per heavy atom. The van der Waals surface area contributed by atoms with Gasteiger partial charge in [-0.25, -0.2) is 0 Å². The van der Waals surface area contributed by atoms with Crippen molar-refractivity contribution >= 4 is 5.69 Å². The predicted octanol–water partition coefficient (Wildman–Crippen LogP) is 3.24. The quantitative estimate of drug-likeness (QED) is 0.935. The maximum atomic E-state index is 5.26. The summed E-state index contributed by atoms with van der Waals surface area (Å²) >= 11 is 0. The summed E-state index contributed by atoms with van der Waals surface area (Å²) in [6.07, 6.45) is 1.17. The van der Waals surface area contributed by atoms with Crippen LogP contribution in [0.1, 0.15) is 18.0 Å². The maximum absolute atomic E-state index is 5.26. The second-order valence-corrected chi connectivity index (χ2v) is 5.38. The van der Waals surface area contributed by atoms with Crippen LogP contribution in [0.25, 0.3) is 0 Å². The van der Waals surface area contributed by atoms with Crippen LogP contribution in [0, 0.1) is 0 Å². The van der Waals surface area contributed by atoms with Gasteiger partial charge in [0.15, 0.2) is 0 Å². The van der Waals surface area contributed by atoms with Gasteiger partial charge in [-0.05, 0) is 42.8 Å². The van der Waals surface area contributed by atoms with E-state index in [0.29, 0.717) is 6.04 Å². The van der Waals surface area contributed by atoms with Crippen LogP contribution in [-0.4, -0.2) is 26.7 Å². The summed E-state index contributed by atoms with van der Waals surface area (Å²) in [5.74, 6) is 0.909. The minimum Gasteiger partial charge on any atom is -0.497 e. The Morgan fingerprint density at radius 2 is 1.81 bits per heavy atom. The first-order chi connectivity index (χ1) is 10.4. The van der Waals surface area contributed by atoms with Gasteiger partial charge in [-0.15, -0.1) is 0 Å². The molecular formula is C18H22N2O. The number of para-hydroxylation sites is 1. The molecule has 3 rings (SSSR count). The summed E-state index contributed by atoms with van der Waals surface area (Å²) in [7, 11) is 1.71. The number of anilines is 1. The fourth-order valence-electron chi connectivity index (χ4n) is 2.93. The number of methoxy groups -OCH3 is 1. The van der Waals surface area contributed by atoms with E-state index in [4.69, 9.17) is 4.74 Å². The Bertz CT molecular complexity index is 553. The first kappa shape index (κ1) is 14.0. The maximum Gasteiger partial charge on any atom is 0.118 e. The normalized spacial score (nSPS) is 19.1. The lowest BCUT2D eigenvalue weighted by atomic mass is 10.0. The van der Waals surface area contributed by atoms with Crippen LogP contribution in [0.3, 0.4) is 0 Å². The van der Waals surface area contributed by atoms with Gasteiger partial charge in [-0.2, -0.15) is 0 Å². The van der Waals surface area contributed by atoms with Gasteiger partial charge >= 0.3 is 0 Å². The Kier molecular flexibility index (Phi) is 4.41. The van der Waals surface area contributed by atoms with Gasteiger partial charge in [0.05, 0.1) is 13.2 Å². The molecule has 1 heterocycles. The van der Waals surface area contributed by atoms with Crippen LogP contribution in [0.2, 0.25) is 0 Å². The summed E-state index contributed by atoms with van der Waals surface area (Å²) in [5.41, 5.74) is 2.62. The van der Waals surface area contributed by atoms with E-state index in [0.717, 1.165) is 25.4 Å². The SMILES string of the molecule is COc1ccc(C2CNCCCN2c2ccccc2)cc1. The van der Waals surface area contributed by atoms with Crippen molar-refractivity contribution in [2.45, 2.75) is 12.5 Å². The van der Waals surface area contributed by atoms with Gasteiger partial charge in [0.2, 0.25) is 0 Å². The number of hydrogen-bond donors (Lipinski definition) is 1. The standard InChI is InChI=1S/C18H22N2O/c1-21-17-10-8-15(9-11-17)18-14-19-12-5-13-20(18)16-6-3-2-4-7-16/h2-4,6-11,18-19H,5,12-14H2,1H3. The predicted molar refractivity (Wildman–Crippen MR) is 87.0 cm³/mol. The highest BCUT2D eigenvalue weighted by Crippen LogP contribution is 2.29. The van der Waals surface area contributed by atoms with Crippen molar-refractivity contribution in [3.8, 4) is 5.75 Å². The highest BCUT2D eigenvalue weighted by atomic mass is 16.5. The van der Waals surface area contributed by atoms with E-state index in [2.05, 4.69) is 52.7 Å². The highest BCUT2D eigenvalue weighted by Gasteiger charge is 2.22. The number of hydrogen-bond acceptors (Lipinski definition) is 3. The number of benzene rings is 2. The highest BCUT2D eigenvalue weighted by molar-refractivity contribution is 5.49. The van der Waals surface area contributed by atoms with Gasteiger partial charge in [0.25, 0.3) is 0 Å². The van der Waals surface area contributed by atoms with Crippen LogP contribution in [-0.2, 0) is 0 Å². The van der Waals surface area contributed by atoms with E-state index in [-0.39, 0.29) is 0 Å². The molecule has 0 bridgehead atoms. The molecule has 3 heteroatoms. The summed E-state index contributed by atoms with van der Waals surface area (Å²) in [6, 6.07) is 19.5. The van der Waals surface area contributed by atoms with Crippen LogP contribution < -0.4 is 15.0 Å². The van der Waals surface area contributed by atoms with Crippen molar-refractivity contribution in [2.75, 3.05) is 31.6 Å². The zero-order valence-corrected chi connectivity index (χ0v) is 12.5. The molecule has 110 valence electrons. The number of ether oxygens (including phenoxy) is 1. The van der Waals surface area contributed by atoms with Crippen molar-refractivity contribution in [2.24, 2.45) is 0 Å². The molecule has 0 radical (unpaired) electrons. The minimum atomic E-state index is 0.362. The monoisotopic (exact) mass is 282 g/mol. The Balaban J connectivity index is 1.91. The zero-order valence-electron chi connectivity index (χ0n) is 12.5. The fourth-order valence-corrected chi connectivity index (χ4v) is 2.93.